The Morgan fingerprint density at radius 1 is 1.29 bits per heavy atom. The topological polar surface area (TPSA) is 58.6 Å². The van der Waals surface area contributed by atoms with E-state index in [1.165, 1.54) is 13.0 Å². The number of carbonyl (C=O) groups excluding carboxylic acids is 2. The van der Waals surface area contributed by atoms with Gasteiger partial charge in [-0.15, -0.1) is 0 Å². The lowest BCUT2D eigenvalue weighted by Crippen LogP contribution is -2.38. The number of amides is 2. The highest BCUT2D eigenvalue weighted by atomic mass is 19.1. The van der Waals surface area contributed by atoms with Crippen LogP contribution in [0.1, 0.15) is 19.4 Å². The van der Waals surface area contributed by atoms with Crippen LogP contribution >= 0.6 is 0 Å². The lowest BCUT2D eigenvalue weighted by molar-refractivity contribution is -0.128. The van der Waals surface area contributed by atoms with Crippen LogP contribution in [0.2, 0.25) is 0 Å². The van der Waals surface area contributed by atoms with Gasteiger partial charge in [-0.2, -0.15) is 0 Å². The maximum atomic E-state index is 13.5. The van der Waals surface area contributed by atoms with Crippen molar-refractivity contribution in [2.24, 2.45) is 0 Å². The predicted octanol–water partition coefficient (Wildman–Crippen LogP) is 1.96. The van der Waals surface area contributed by atoms with Gasteiger partial charge in [0, 0.05) is 26.6 Å². The highest BCUT2D eigenvalue weighted by molar-refractivity contribution is 5.73. The van der Waals surface area contributed by atoms with E-state index in [4.69, 9.17) is 4.74 Å². The number of nitrogens with zero attached hydrogens (tertiary/aromatic N) is 1. The van der Waals surface area contributed by atoms with Gasteiger partial charge in [0.25, 0.3) is 0 Å². The van der Waals surface area contributed by atoms with E-state index < -0.39 is 6.09 Å². The molecule has 0 aliphatic heterocycles. The standard InChI is InChI=1S/C15H21FN2O3/c1-3-21-15(20)17-9-11-18(12(2)19)10-8-13-6-4-5-7-14(13)16/h4-7H,3,8-11H2,1-2H3,(H,17,20). The van der Waals surface area contributed by atoms with Gasteiger partial charge in [0.1, 0.15) is 5.82 Å². The third-order valence-corrected chi connectivity index (χ3v) is 2.98. The van der Waals surface area contributed by atoms with Crippen molar-refractivity contribution < 1.29 is 18.7 Å². The van der Waals surface area contributed by atoms with Crippen LogP contribution < -0.4 is 5.32 Å². The number of rotatable bonds is 7. The molecular weight excluding hydrogens is 275 g/mol. The van der Waals surface area contributed by atoms with Gasteiger partial charge >= 0.3 is 6.09 Å². The van der Waals surface area contributed by atoms with E-state index in [1.807, 2.05) is 0 Å². The van der Waals surface area contributed by atoms with E-state index in [1.54, 1.807) is 30.0 Å². The molecule has 21 heavy (non-hydrogen) atoms. The quantitative estimate of drug-likeness (QED) is 0.837. The number of hydrogen-bond donors (Lipinski definition) is 1. The number of benzene rings is 1. The van der Waals surface area contributed by atoms with Crippen molar-refractivity contribution in [1.82, 2.24) is 10.2 Å². The summed E-state index contributed by atoms with van der Waals surface area (Å²) < 4.78 is 18.2. The summed E-state index contributed by atoms with van der Waals surface area (Å²) in [7, 11) is 0. The largest absolute Gasteiger partial charge is 0.450 e. The summed E-state index contributed by atoms with van der Waals surface area (Å²) in [6.45, 7) is 4.54. The minimum Gasteiger partial charge on any atom is -0.450 e. The maximum Gasteiger partial charge on any atom is 0.407 e. The Morgan fingerprint density at radius 2 is 2.00 bits per heavy atom. The van der Waals surface area contributed by atoms with E-state index in [0.29, 0.717) is 38.2 Å². The lowest BCUT2D eigenvalue weighted by Gasteiger charge is -2.21. The molecule has 1 N–H and O–H groups in total. The third-order valence-electron chi connectivity index (χ3n) is 2.98. The van der Waals surface area contributed by atoms with Crippen LogP contribution in [0.5, 0.6) is 0 Å². The van der Waals surface area contributed by atoms with Crippen molar-refractivity contribution in [3.05, 3.63) is 35.6 Å². The van der Waals surface area contributed by atoms with Crippen LogP contribution in [-0.2, 0) is 16.0 Å². The maximum absolute atomic E-state index is 13.5. The number of alkyl carbamates (subject to hydrolysis) is 1. The van der Waals surface area contributed by atoms with E-state index in [2.05, 4.69) is 5.32 Å². The SMILES string of the molecule is CCOC(=O)NCCN(CCc1ccccc1F)C(C)=O. The zero-order valence-electron chi connectivity index (χ0n) is 12.4. The highest BCUT2D eigenvalue weighted by Crippen LogP contribution is 2.07. The molecule has 0 aliphatic rings. The summed E-state index contributed by atoms with van der Waals surface area (Å²) in [4.78, 5) is 24.2. The molecule has 6 heteroatoms. The molecule has 0 fully saturated rings. The lowest BCUT2D eigenvalue weighted by atomic mass is 10.1. The number of hydrogen-bond acceptors (Lipinski definition) is 3. The molecule has 0 saturated carbocycles. The molecule has 0 heterocycles. The normalized spacial score (nSPS) is 10.0. The Kier molecular flexibility index (Phi) is 7.21. The molecule has 2 amide bonds. The van der Waals surface area contributed by atoms with Gasteiger partial charge in [0.05, 0.1) is 6.61 Å². The molecular formula is C15H21FN2O3. The second kappa shape index (κ2) is 8.94. The zero-order chi connectivity index (χ0) is 15.7. The molecule has 0 unspecified atom stereocenters. The first-order chi connectivity index (χ1) is 10.0. The fraction of sp³-hybridized carbons (Fsp3) is 0.467. The Bertz CT molecular complexity index is 480. The number of halogens is 1. The van der Waals surface area contributed by atoms with Crippen LogP contribution in [-0.4, -0.2) is 43.1 Å². The van der Waals surface area contributed by atoms with Crippen molar-refractivity contribution in [2.45, 2.75) is 20.3 Å². The fourth-order valence-electron chi connectivity index (χ4n) is 1.86. The van der Waals surface area contributed by atoms with Crippen molar-refractivity contribution in [3.8, 4) is 0 Å². The second-order valence-electron chi connectivity index (χ2n) is 4.49. The summed E-state index contributed by atoms with van der Waals surface area (Å²) in [6.07, 6.45) is -0.0684. The van der Waals surface area contributed by atoms with E-state index in [9.17, 15) is 14.0 Å². The molecule has 1 rings (SSSR count). The average molecular weight is 296 g/mol. The monoisotopic (exact) mass is 296 g/mol. The first-order valence-corrected chi connectivity index (χ1v) is 6.94. The Labute approximate surface area is 124 Å². The van der Waals surface area contributed by atoms with Crippen LogP contribution in [0.25, 0.3) is 0 Å². The predicted molar refractivity (Wildman–Crippen MR) is 77.4 cm³/mol. The summed E-state index contributed by atoms with van der Waals surface area (Å²) in [5.41, 5.74) is 0.571. The van der Waals surface area contributed by atoms with E-state index in [0.717, 1.165) is 0 Å². The minimum absolute atomic E-state index is 0.114. The summed E-state index contributed by atoms with van der Waals surface area (Å²) in [6, 6.07) is 6.49. The van der Waals surface area contributed by atoms with Gasteiger partial charge in [0.2, 0.25) is 5.91 Å². The molecule has 0 radical (unpaired) electrons. The molecule has 0 spiro atoms. The summed E-state index contributed by atoms with van der Waals surface area (Å²) >= 11 is 0. The van der Waals surface area contributed by atoms with Gasteiger partial charge in [-0.25, -0.2) is 9.18 Å². The minimum atomic E-state index is -0.505. The zero-order valence-corrected chi connectivity index (χ0v) is 12.4. The number of nitrogens with one attached hydrogen (secondary N) is 1. The van der Waals surface area contributed by atoms with Crippen molar-refractivity contribution in [3.63, 3.8) is 0 Å². The van der Waals surface area contributed by atoms with Crippen LogP contribution in [0, 0.1) is 5.82 Å². The average Bonchev–Trinajstić information content (AvgIpc) is 2.44. The molecule has 0 aliphatic carbocycles. The smallest absolute Gasteiger partial charge is 0.407 e. The number of ether oxygens (including phenoxy) is 1. The van der Waals surface area contributed by atoms with Crippen LogP contribution in [0.15, 0.2) is 24.3 Å². The van der Waals surface area contributed by atoms with Gasteiger partial charge < -0.3 is 15.0 Å². The molecule has 0 saturated heterocycles. The Morgan fingerprint density at radius 3 is 2.62 bits per heavy atom. The van der Waals surface area contributed by atoms with Crippen LogP contribution in [0.4, 0.5) is 9.18 Å². The van der Waals surface area contributed by atoms with Gasteiger partial charge in [0.15, 0.2) is 0 Å². The molecule has 5 nitrogen and oxygen atoms in total. The molecule has 116 valence electrons. The highest BCUT2D eigenvalue weighted by Gasteiger charge is 2.10. The Balaban J connectivity index is 2.42. The molecule has 1 aromatic rings. The molecule has 1 aromatic carbocycles. The molecule has 0 bridgehead atoms. The summed E-state index contributed by atoms with van der Waals surface area (Å²) in [5.74, 6) is -0.386. The first-order valence-electron chi connectivity index (χ1n) is 6.94. The molecule has 0 atom stereocenters. The fourth-order valence-corrected chi connectivity index (χ4v) is 1.86. The van der Waals surface area contributed by atoms with Crippen molar-refractivity contribution in [1.29, 1.82) is 0 Å². The summed E-state index contributed by atoms with van der Waals surface area (Å²) in [5, 5.41) is 2.55. The van der Waals surface area contributed by atoms with E-state index in [-0.39, 0.29) is 11.7 Å². The molecule has 0 aromatic heterocycles. The van der Waals surface area contributed by atoms with E-state index >= 15 is 0 Å². The van der Waals surface area contributed by atoms with Gasteiger partial charge in [-0.05, 0) is 25.0 Å². The number of carbonyl (C=O) groups is 2. The van der Waals surface area contributed by atoms with Gasteiger partial charge in [-0.1, -0.05) is 18.2 Å². The van der Waals surface area contributed by atoms with Crippen LogP contribution in [0.3, 0.4) is 0 Å². The van der Waals surface area contributed by atoms with Gasteiger partial charge in [-0.3, -0.25) is 4.79 Å². The first kappa shape index (κ1) is 16.9. The Hall–Kier alpha value is -2.11. The second-order valence-corrected chi connectivity index (χ2v) is 4.49. The van der Waals surface area contributed by atoms with Crippen molar-refractivity contribution >= 4 is 12.0 Å². The van der Waals surface area contributed by atoms with Crippen molar-refractivity contribution in [2.75, 3.05) is 26.2 Å². The third kappa shape index (κ3) is 6.25.